The molecule has 1 rings (SSSR count). The van der Waals surface area contributed by atoms with Crippen LogP contribution in [0.5, 0.6) is 5.75 Å². The molecule has 0 aliphatic carbocycles. The molecule has 27 heavy (non-hydrogen) atoms. The number of benzene rings is 1. The number of aliphatic carboxylic acids is 1. The van der Waals surface area contributed by atoms with Crippen LogP contribution in [-0.2, 0) is 16.0 Å². The zero-order valence-electron chi connectivity index (χ0n) is 14.9. The van der Waals surface area contributed by atoms with Gasteiger partial charge in [-0.3, -0.25) is 9.79 Å². The second-order valence-electron chi connectivity index (χ2n) is 5.38. The zero-order valence-corrected chi connectivity index (χ0v) is 14.9. The van der Waals surface area contributed by atoms with Crippen molar-refractivity contribution in [2.45, 2.75) is 12.5 Å². The van der Waals surface area contributed by atoms with Crippen molar-refractivity contribution < 1.29 is 19.4 Å². The first-order valence-corrected chi connectivity index (χ1v) is 8.18. The van der Waals surface area contributed by atoms with Crippen molar-refractivity contribution >= 4 is 17.8 Å². The van der Waals surface area contributed by atoms with E-state index in [1.807, 2.05) is 0 Å². The van der Waals surface area contributed by atoms with Crippen LogP contribution in [0.1, 0.15) is 5.56 Å². The van der Waals surface area contributed by atoms with Crippen molar-refractivity contribution in [2.24, 2.45) is 16.5 Å². The van der Waals surface area contributed by atoms with Crippen LogP contribution >= 0.6 is 0 Å². The van der Waals surface area contributed by atoms with Crippen LogP contribution in [0.15, 0.2) is 66.2 Å². The molecule has 0 heterocycles. The lowest BCUT2D eigenvalue weighted by Crippen LogP contribution is -2.41. The molecule has 0 bridgehead atoms. The Balaban J connectivity index is 2.59. The summed E-state index contributed by atoms with van der Waals surface area (Å²) in [6.45, 7) is 4.16. The number of nitrogens with two attached hydrogens (primary N) is 2. The fourth-order valence-corrected chi connectivity index (χ4v) is 2.00. The van der Waals surface area contributed by atoms with E-state index in [2.05, 4.69) is 16.9 Å². The van der Waals surface area contributed by atoms with Gasteiger partial charge in [-0.2, -0.15) is 0 Å². The largest absolute Gasteiger partial charge is 0.492 e. The molecule has 6 N–H and O–H groups in total. The molecule has 8 nitrogen and oxygen atoms in total. The molecule has 0 aliphatic rings. The number of carboxylic acid groups (broad SMARTS) is 1. The number of nitrogens with zero attached hydrogens (tertiary/aromatic N) is 1. The number of ether oxygens (including phenoxy) is 1. The van der Waals surface area contributed by atoms with Crippen LogP contribution in [0.2, 0.25) is 0 Å². The molecule has 0 spiro atoms. The van der Waals surface area contributed by atoms with E-state index in [0.717, 1.165) is 5.56 Å². The van der Waals surface area contributed by atoms with E-state index in [9.17, 15) is 14.7 Å². The van der Waals surface area contributed by atoms with Gasteiger partial charge in [-0.05, 0) is 17.7 Å². The van der Waals surface area contributed by atoms with Crippen LogP contribution in [0.4, 0.5) is 0 Å². The van der Waals surface area contributed by atoms with Crippen LogP contribution in [0, 0.1) is 0 Å². The molecule has 144 valence electrons. The van der Waals surface area contributed by atoms with Gasteiger partial charge in [0, 0.05) is 12.5 Å². The van der Waals surface area contributed by atoms with Crippen molar-refractivity contribution in [1.82, 2.24) is 5.32 Å². The first-order valence-electron chi connectivity index (χ1n) is 8.18. The Hall–Kier alpha value is -3.55. The standard InChI is InChI=1S/C19H24N4O4/c1-2-3-4-5-6-17(24)23-16(18(25)26)13-14-7-9-15(10-8-14)27-12-11-22-19(20)21/h2-10,16H,1,11-13H2,(H,23,24)(H,25,26)(H4,20,21,22)/b4-3-,6-5-/t16-/m0/s1. The molecular formula is C19H24N4O4. The van der Waals surface area contributed by atoms with Gasteiger partial charge in [0.05, 0.1) is 6.54 Å². The summed E-state index contributed by atoms with van der Waals surface area (Å²) in [5.74, 6) is -0.994. The van der Waals surface area contributed by atoms with Gasteiger partial charge in [-0.1, -0.05) is 43.0 Å². The highest BCUT2D eigenvalue weighted by Gasteiger charge is 2.19. The van der Waals surface area contributed by atoms with Gasteiger partial charge < -0.3 is 26.6 Å². The van der Waals surface area contributed by atoms with E-state index in [1.165, 1.54) is 12.2 Å². The third-order valence-corrected chi connectivity index (χ3v) is 3.24. The Labute approximate surface area is 157 Å². The lowest BCUT2D eigenvalue weighted by atomic mass is 10.1. The summed E-state index contributed by atoms with van der Waals surface area (Å²) in [6.07, 6.45) is 7.74. The highest BCUT2D eigenvalue weighted by Crippen LogP contribution is 2.13. The molecule has 0 saturated carbocycles. The van der Waals surface area contributed by atoms with Gasteiger partial charge in [0.1, 0.15) is 18.4 Å². The predicted molar refractivity (Wildman–Crippen MR) is 104 cm³/mol. The number of hydrogen-bond acceptors (Lipinski definition) is 4. The van der Waals surface area contributed by atoms with E-state index in [4.69, 9.17) is 16.2 Å². The van der Waals surface area contributed by atoms with E-state index >= 15 is 0 Å². The van der Waals surface area contributed by atoms with Gasteiger partial charge in [0.15, 0.2) is 5.96 Å². The molecule has 0 saturated heterocycles. The third-order valence-electron chi connectivity index (χ3n) is 3.24. The van der Waals surface area contributed by atoms with Crippen molar-refractivity contribution in [3.05, 3.63) is 66.8 Å². The van der Waals surface area contributed by atoms with Crippen molar-refractivity contribution in [3.8, 4) is 5.75 Å². The summed E-state index contributed by atoms with van der Waals surface area (Å²) in [5.41, 5.74) is 11.2. The molecule has 0 fully saturated rings. The average molecular weight is 372 g/mol. The molecule has 8 heteroatoms. The number of carbonyl (C=O) groups is 2. The Kier molecular flexibility index (Phi) is 9.48. The van der Waals surface area contributed by atoms with E-state index in [0.29, 0.717) is 18.9 Å². The molecular weight excluding hydrogens is 348 g/mol. The second-order valence-corrected chi connectivity index (χ2v) is 5.38. The Bertz CT molecular complexity index is 720. The molecule has 0 aromatic heterocycles. The SMILES string of the molecule is C=C/C=C\C=C/C(=O)N[C@@H](Cc1ccc(OCCN=C(N)N)cc1)C(=O)O. The number of carbonyl (C=O) groups excluding carboxylic acids is 1. The zero-order chi connectivity index (χ0) is 20.1. The summed E-state index contributed by atoms with van der Waals surface area (Å²) >= 11 is 0. The number of amides is 1. The number of allylic oxidation sites excluding steroid dienone is 4. The van der Waals surface area contributed by atoms with Crippen LogP contribution in [0.3, 0.4) is 0 Å². The first-order chi connectivity index (χ1) is 12.9. The number of hydrogen-bond donors (Lipinski definition) is 4. The minimum absolute atomic E-state index is 0.00211. The minimum atomic E-state index is -1.11. The topological polar surface area (TPSA) is 140 Å². The van der Waals surface area contributed by atoms with Gasteiger partial charge in [0.2, 0.25) is 5.91 Å². The van der Waals surface area contributed by atoms with E-state index in [-0.39, 0.29) is 12.4 Å². The average Bonchev–Trinajstić information content (AvgIpc) is 2.63. The lowest BCUT2D eigenvalue weighted by Gasteiger charge is -2.14. The van der Waals surface area contributed by atoms with Gasteiger partial charge in [0.25, 0.3) is 0 Å². The van der Waals surface area contributed by atoms with Crippen LogP contribution in [0.25, 0.3) is 0 Å². The number of rotatable bonds is 11. The highest BCUT2D eigenvalue weighted by molar-refractivity contribution is 5.91. The normalized spacial score (nSPS) is 11.9. The van der Waals surface area contributed by atoms with Gasteiger partial charge >= 0.3 is 5.97 Å². The summed E-state index contributed by atoms with van der Waals surface area (Å²) in [4.78, 5) is 27.0. The smallest absolute Gasteiger partial charge is 0.326 e. The Morgan fingerprint density at radius 3 is 2.52 bits per heavy atom. The maximum atomic E-state index is 11.8. The number of carboxylic acids is 1. The summed E-state index contributed by atoms with van der Waals surface area (Å²) in [5, 5.41) is 11.8. The molecule has 0 unspecified atom stereocenters. The molecule has 1 aromatic carbocycles. The second kappa shape index (κ2) is 11.9. The van der Waals surface area contributed by atoms with Crippen molar-refractivity contribution in [3.63, 3.8) is 0 Å². The maximum Gasteiger partial charge on any atom is 0.326 e. The number of aliphatic imine (C=N–C) groups is 1. The van der Waals surface area contributed by atoms with Gasteiger partial charge in [-0.25, -0.2) is 4.79 Å². The van der Waals surface area contributed by atoms with E-state index < -0.39 is 17.9 Å². The molecule has 1 amide bonds. The van der Waals surface area contributed by atoms with E-state index in [1.54, 1.807) is 42.5 Å². The molecule has 1 atom stereocenters. The first kappa shape index (κ1) is 21.5. The number of nitrogens with one attached hydrogen (secondary N) is 1. The van der Waals surface area contributed by atoms with Gasteiger partial charge in [-0.15, -0.1) is 0 Å². The predicted octanol–water partition coefficient (Wildman–Crippen LogP) is 0.749. The molecule has 1 aromatic rings. The Morgan fingerprint density at radius 1 is 1.22 bits per heavy atom. The monoisotopic (exact) mass is 372 g/mol. The van der Waals surface area contributed by atoms with Crippen LogP contribution in [-0.4, -0.2) is 42.1 Å². The molecule has 0 aliphatic heterocycles. The molecule has 0 radical (unpaired) electrons. The minimum Gasteiger partial charge on any atom is -0.492 e. The fourth-order valence-electron chi connectivity index (χ4n) is 2.00. The summed E-state index contributed by atoms with van der Waals surface area (Å²) in [6, 6.07) is 5.86. The highest BCUT2D eigenvalue weighted by atomic mass is 16.5. The van der Waals surface area contributed by atoms with Crippen LogP contribution < -0.4 is 21.5 Å². The Morgan fingerprint density at radius 2 is 1.93 bits per heavy atom. The number of guanidine groups is 1. The third kappa shape index (κ3) is 9.49. The maximum absolute atomic E-state index is 11.8. The summed E-state index contributed by atoms with van der Waals surface area (Å²) < 4.78 is 5.47. The fraction of sp³-hybridized carbons (Fsp3) is 0.211. The lowest BCUT2D eigenvalue weighted by molar-refractivity contribution is -0.141. The summed E-state index contributed by atoms with van der Waals surface area (Å²) in [7, 11) is 0. The van der Waals surface area contributed by atoms with Crippen molar-refractivity contribution in [2.75, 3.05) is 13.2 Å². The van der Waals surface area contributed by atoms with Crippen molar-refractivity contribution in [1.29, 1.82) is 0 Å². The quantitative estimate of drug-likeness (QED) is 0.149.